The lowest BCUT2D eigenvalue weighted by molar-refractivity contribution is 0.153. The van der Waals surface area contributed by atoms with Gasteiger partial charge in [0.25, 0.3) is 0 Å². The second-order valence-electron chi connectivity index (χ2n) is 3.73. The first kappa shape index (κ1) is 12.0. The summed E-state index contributed by atoms with van der Waals surface area (Å²) in [6.07, 6.45) is 3.89. The molecule has 0 saturated heterocycles. The van der Waals surface area contributed by atoms with Gasteiger partial charge < -0.3 is 19.9 Å². The van der Waals surface area contributed by atoms with E-state index in [1.807, 2.05) is 24.3 Å². The molecule has 1 aliphatic heterocycles. The summed E-state index contributed by atoms with van der Waals surface area (Å²) >= 11 is 0. The summed E-state index contributed by atoms with van der Waals surface area (Å²) in [7, 11) is 1.67. The second kappa shape index (κ2) is 5.70. The summed E-state index contributed by atoms with van der Waals surface area (Å²) in [5.41, 5.74) is 7.53. The van der Waals surface area contributed by atoms with Crippen molar-refractivity contribution in [1.82, 2.24) is 0 Å². The second-order valence-corrected chi connectivity index (χ2v) is 3.73. The predicted octanol–water partition coefficient (Wildman–Crippen LogP) is 1.58. The lowest BCUT2D eigenvalue weighted by Crippen LogP contribution is -2.17. The molecule has 92 valence electrons. The first-order chi connectivity index (χ1) is 8.36. The van der Waals surface area contributed by atoms with E-state index in [0.717, 1.165) is 22.6 Å². The van der Waals surface area contributed by atoms with Crippen LogP contribution >= 0.6 is 0 Å². The lowest BCUT2D eigenvalue weighted by Gasteiger charge is -2.22. The van der Waals surface area contributed by atoms with Gasteiger partial charge in [-0.3, -0.25) is 0 Å². The minimum atomic E-state index is 0.497. The SMILES string of the molecule is COCc1c(/C=C/CN)ccc2c1OCCO2. The highest BCUT2D eigenvalue weighted by Crippen LogP contribution is 2.36. The average molecular weight is 235 g/mol. The Bertz CT molecular complexity index is 415. The molecule has 0 aliphatic carbocycles. The highest BCUT2D eigenvalue weighted by Gasteiger charge is 2.18. The Hall–Kier alpha value is -1.52. The molecule has 1 heterocycles. The van der Waals surface area contributed by atoms with Gasteiger partial charge in [-0.05, 0) is 11.6 Å². The van der Waals surface area contributed by atoms with E-state index >= 15 is 0 Å². The summed E-state index contributed by atoms with van der Waals surface area (Å²) < 4.78 is 16.4. The van der Waals surface area contributed by atoms with Crippen molar-refractivity contribution in [2.45, 2.75) is 6.61 Å². The van der Waals surface area contributed by atoms with Crippen LogP contribution in [0.4, 0.5) is 0 Å². The van der Waals surface area contributed by atoms with E-state index in [1.54, 1.807) is 7.11 Å². The number of methoxy groups -OCH3 is 1. The third kappa shape index (κ3) is 2.60. The predicted molar refractivity (Wildman–Crippen MR) is 66.2 cm³/mol. The van der Waals surface area contributed by atoms with E-state index in [0.29, 0.717) is 26.4 Å². The number of rotatable bonds is 4. The number of nitrogens with two attached hydrogens (primary N) is 1. The van der Waals surface area contributed by atoms with E-state index < -0.39 is 0 Å². The van der Waals surface area contributed by atoms with Crippen LogP contribution in [0.5, 0.6) is 11.5 Å². The summed E-state index contributed by atoms with van der Waals surface area (Å²) in [6, 6.07) is 3.91. The van der Waals surface area contributed by atoms with Crippen molar-refractivity contribution in [2.75, 3.05) is 26.9 Å². The van der Waals surface area contributed by atoms with Gasteiger partial charge in [0, 0.05) is 19.2 Å². The van der Waals surface area contributed by atoms with Crippen molar-refractivity contribution in [2.24, 2.45) is 5.73 Å². The molecule has 0 radical (unpaired) electrons. The van der Waals surface area contributed by atoms with E-state index in [2.05, 4.69) is 0 Å². The van der Waals surface area contributed by atoms with Gasteiger partial charge in [0.2, 0.25) is 0 Å². The third-order valence-corrected chi connectivity index (χ3v) is 2.57. The smallest absolute Gasteiger partial charge is 0.167 e. The first-order valence-corrected chi connectivity index (χ1v) is 5.64. The molecule has 0 spiro atoms. The van der Waals surface area contributed by atoms with Crippen LogP contribution in [0.1, 0.15) is 11.1 Å². The van der Waals surface area contributed by atoms with Crippen molar-refractivity contribution < 1.29 is 14.2 Å². The zero-order valence-electron chi connectivity index (χ0n) is 9.94. The Morgan fingerprint density at radius 3 is 2.94 bits per heavy atom. The summed E-state index contributed by atoms with van der Waals surface area (Å²) in [4.78, 5) is 0. The Morgan fingerprint density at radius 2 is 2.18 bits per heavy atom. The topological polar surface area (TPSA) is 53.7 Å². The molecule has 2 N–H and O–H groups in total. The molecule has 0 unspecified atom stereocenters. The van der Waals surface area contributed by atoms with Crippen LogP contribution in [-0.4, -0.2) is 26.9 Å². The molecule has 2 rings (SSSR count). The first-order valence-electron chi connectivity index (χ1n) is 5.64. The number of hydrogen-bond donors (Lipinski definition) is 1. The highest BCUT2D eigenvalue weighted by atomic mass is 16.6. The summed E-state index contributed by atoms with van der Waals surface area (Å²) in [5.74, 6) is 1.57. The maximum absolute atomic E-state index is 5.66. The van der Waals surface area contributed by atoms with Crippen LogP contribution in [0, 0.1) is 0 Å². The number of benzene rings is 1. The molecule has 0 amide bonds. The summed E-state index contributed by atoms with van der Waals surface area (Å²) in [6.45, 7) is 2.18. The van der Waals surface area contributed by atoms with E-state index in [9.17, 15) is 0 Å². The number of fused-ring (bicyclic) bond motifs is 1. The van der Waals surface area contributed by atoms with Crippen molar-refractivity contribution in [3.05, 3.63) is 29.3 Å². The molecule has 0 saturated carbocycles. The fourth-order valence-electron chi connectivity index (χ4n) is 1.83. The van der Waals surface area contributed by atoms with E-state index in [4.69, 9.17) is 19.9 Å². The maximum atomic E-state index is 5.66. The molecule has 1 aliphatic rings. The minimum Gasteiger partial charge on any atom is -0.486 e. The Morgan fingerprint density at radius 1 is 1.35 bits per heavy atom. The third-order valence-electron chi connectivity index (χ3n) is 2.57. The molecule has 17 heavy (non-hydrogen) atoms. The van der Waals surface area contributed by atoms with Gasteiger partial charge in [0.05, 0.1) is 6.61 Å². The molecular formula is C13H17NO3. The van der Waals surface area contributed by atoms with Crippen LogP contribution in [0.2, 0.25) is 0 Å². The lowest BCUT2D eigenvalue weighted by atomic mass is 10.1. The molecule has 1 aromatic carbocycles. The van der Waals surface area contributed by atoms with Crippen LogP contribution in [0.25, 0.3) is 6.08 Å². The molecule has 0 atom stereocenters. The largest absolute Gasteiger partial charge is 0.486 e. The minimum absolute atomic E-state index is 0.497. The quantitative estimate of drug-likeness (QED) is 0.860. The summed E-state index contributed by atoms with van der Waals surface area (Å²) in [5, 5.41) is 0. The van der Waals surface area contributed by atoms with E-state index in [-0.39, 0.29) is 0 Å². The zero-order chi connectivity index (χ0) is 12.1. The normalized spacial score (nSPS) is 14.2. The van der Waals surface area contributed by atoms with Crippen LogP contribution in [0.3, 0.4) is 0 Å². The molecule has 0 bridgehead atoms. The van der Waals surface area contributed by atoms with Crippen LogP contribution in [0.15, 0.2) is 18.2 Å². The molecular weight excluding hydrogens is 218 g/mol. The fourth-order valence-corrected chi connectivity index (χ4v) is 1.83. The van der Waals surface area contributed by atoms with Gasteiger partial charge in [-0.25, -0.2) is 0 Å². The van der Waals surface area contributed by atoms with Crippen molar-refractivity contribution in [3.8, 4) is 11.5 Å². The van der Waals surface area contributed by atoms with Crippen molar-refractivity contribution in [1.29, 1.82) is 0 Å². The van der Waals surface area contributed by atoms with Gasteiger partial charge in [-0.2, -0.15) is 0 Å². The average Bonchev–Trinajstić information content (AvgIpc) is 2.38. The van der Waals surface area contributed by atoms with Crippen molar-refractivity contribution in [3.63, 3.8) is 0 Å². The Balaban J connectivity index is 2.41. The highest BCUT2D eigenvalue weighted by molar-refractivity contribution is 5.62. The van der Waals surface area contributed by atoms with Crippen molar-refractivity contribution >= 4 is 6.08 Å². The molecule has 0 fully saturated rings. The molecule has 1 aromatic rings. The molecule has 0 aromatic heterocycles. The Labute approximate surface area is 101 Å². The molecule has 4 heteroatoms. The van der Waals surface area contributed by atoms with Gasteiger partial charge in [-0.15, -0.1) is 0 Å². The van der Waals surface area contributed by atoms with Crippen LogP contribution in [-0.2, 0) is 11.3 Å². The number of hydrogen-bond acceptors (Lipinski definition) is 4. The van der Waals surface area contributed by atoms with E-state index in [1.165, 1.54) is 0 Å². The molecule has 4 nitrogen and oxygen atoms in total. The Kier molecular flexibility index (Phi) is 4.01. The van der Waals surface area contributed by atoms with Gasteiger partial charge in [-0.1, -0.05) is 18.2 Å². The van der Waals surface area contributed by atoms with Gasteiger partial charge in [0.15, 0.2) is 11.5 Å². The standard InChI is InChI=1S/C13H17NO3/c1-15-9-11-10(3-2-6-14)4-5-12-13(11)17-8-7-16-12/h2-5H,6-9,14H2,1H3/b3-2+. The monoisotopic (exact) mass is 235 g/mol. The van der Waals surface area contributed by atoms with Gasteiger partial charge >= 0.3 is 0 Å². The zero-order valence-corrected chi connectivity index (χ0v) is 9.94. The maximum Gasteiger partial charge on any atom is 0.167 e. The fraction of sp³-hybridized carbons (Fsp3) is 0.385. The van der Waals surface area contributed by atoms with Gasteiger partial charge in [0.1, 0.15) is 13.2 Å². The van der Waals surface area contributed by atoms with Crippen LogP contribution < -0.4 is 15.2 Å². The number of ether oxygens (including phenoxy) is 3.